The molecule has 0 spiro atoms. The summed E-state index contributed by atoms with van der Waals surface area (Å²) in [5, 5.41) is 4.54. The second-order valence-corrected chi connectivity index (χ2v) is 7.09. The molecule has 0 fully saturated rings. The number of nitrogens with zero attached hydrogens (tertiary/aromatic N) is 2. The number of esters is 3. The number of para-hydroxylation sites is 1. The molecule has 0 N–H and O–H groups in total. The molecule has 0 radical (unpaired) electrons. The van der Waals surface area contributed by atoms with E-state index in [0.717, 1.165) is 0 Å². The Morgan fingerprint density at radius 2 is 1.38 bits per heavy atom. The zero-order valence-corrected chi connectivity index (χ0v) is 18.4. The predicted molar refractivity (Wildman–Crippen MR) is 123 cm³/mol. The molecule has 0 saturated carbocycles. The van der Waals surface area contributed by atoms with Crippen molar-refractivity contribution in [2.75, 3.05) is 14.2 Å². The van der Waals surface area contributed by atoms with Crippen LogP contribution >= 0.6 is 0 Å². The van der Waals surface area contributed by atoms with Gasteiger partial charge in [0.25, 0.3) is 0 Å². The van der Waals surface area contributed by atoms with Gasteiger partial charge in [-0.2, -0.15) is 5.10 Å². The zero-order valence-electron chi connectivity index (χ0n) is 18.4. The standard InChI is InChI=1S/C26H20N2O6/c1-32-25(30)21-22(27-28(23(21)26(31)33-2)19-13-7-4-8-14-19)18-12-9-15-20(16-18)34-24(29)17-10-5-3-6-11-17/h3-16H,1-2H3. The van der Waals surface area contributed by atoms with Crippen LogP contribution in [0.3, 0.4) is 0 Å². The SMILES string of the molecule is COC(=O)c1c(-c2cccc(OC(=O)c3ccccc3)c2)nn(-c2ccccc2)c1C(=O)OC. The van der Waals surface area contributed by atoms with Gasteiger partial charge in [-0.15, -0.1) is 0 Å². The molecule has 0 unspecified atom stereocenters. The molecule has 4 aromatic rings. The molecule has 0 aliphatic rings. The van der Waals surface area contributed by atoms with Crippen molar-refractivity contribution in [3.05, 3.63) is 102 Å². The zero-order chi connectivity index (χ0) is 24.1. The first-order chi connectivity index (χ1) is 16.5. The monoisotopic (exact) mass is 456 g/mol. The number of hydrogen-bond donors (Lipinski definition) is 0. The van der Waals surface area contributed by atoms with Crippen LogP contribution in [0.5, 0.6) is 5.75 Å². The van der Waals surface area contributed by atoms with Crippen molar-refractivity contribution in [2.24, 2.45) is 0 Å². The summed E-state index contributed by atoms with van der Waals surface area (Å²) in [7, 11) is 2.43. The maximum absolute atomic E-state index is 12.8. The Kier molecular flexibility index (Phi) is 6.49. The molecule has 0 aliphatic carbocycles. The van der Waals surface area contributed by atoms with E-state index in [0.29, 0.717) is 16.8 Å². The van der Waals surface area contributed by atoms with Crippen LogP contribution in [0.1, 0.15) is 31.2 Å². The lowest BCUT2D eigenvalue weighted by Gasteiger charge is -2.07. The molecule has 34 heavy (non-hydrogen) atoms. The third kappa shape index (κ3) is 4.42. The van der Waals surface area contributed by atoms with Crippen molar-refractivity contribution in [2.45, 2.75) is 0 Å². The predicted octanol–water partition coefficient (Wildman–Crippen LogP) is 4.33. The fourth-order valence-corrected chi connectivity index (χ4v) is 3.40. The van der Waals surface area contributed by atoms with Crippen LogP contribution in [0.15, 0.2) is 84.9 Å². The maximum atomic E-state index is 12.8. The quantitative estimate of drug-likeness (QED) is 0.315. The molecule has 0 atom stereocenters. The van der Waals surface area contributed by atoms with Gasteiger partial charge in [-0.05, 0) is 36.4 Å². The molecule has 3 aromatic carbocycles. The Morgan fingerprint density at radius 1 is 0.735 bits per heavy atom. The highest BCUT2D eigenvalue weighted by Crippen LogP contribution is 2.31. The first-order valence-corrected chi connectivity index (χ1v) is 10.3. The fraction of sp³-hybridized carbons (Fsp3) is 0.0769. The minimum Gasteiger partial charge on any atom is -0.465 e. The smallest absolute Gasteiger partial charge is 0.357 e. The summed E-state index contributed by atoms with van der Waals surface area (Å²) in [6.07, 6.45) is 0. The third-order valence-corrected chi connectivity index (χ3v) is 4.98. The van der Waals surface area contributed by atoms with Gasteiger partial charge in [0.1, 0.15) is 17.0 Å². The van der Waals surface area contributed by atoms with Crippen LogP contribution in [0.4, 0.5) is 0 Å². The minimum atomic E-state index is -0.760. The summed E-state index contributed by atoms with van der Waals surface area (Å²) >= 11 is 0. The van der Waals surface area contributed by atoms with Gasteiger partial charge >= 0.3 is 17.9 Å². The lowest BCUT2D eigenvalue weighted by atomic mass is 10.1. The molecule has 0 aliphatic heterocycles. The molecule has 0 amide bonds. The van der Waals surface area contributed by atoms with E-state index in [1.807, 2.05) is 6.07 Å². The van der Waals surface area contributed by atoms with Crippen molar-refractivity contribution in [1.82, 2.24) is 9.78 Å². The van der Waals surface area contributed by atoms with Gasteiger partial charge in [-0.3, -0.25) is 0 Å². The Labute approximate surface area is 195 Å². The molecule has 0 saturated heterocycles. The molecule has 1 heterocycles. The highest BCUT2D eigenvalue weighted by Gasteiger charge is 2.31. The number of carbonyl (C=O) groups excluding carboxylic acids is 3. The minimum absolute atomic E-state index is 0.0651. The highest BCUT2D eigenvalue weighted by atomic mass is 16.5. The molecule has 4 rings (SSSR count). The Morgan fingerprint density at radius 3 is 2.03 bits per heavy atom. The number of aromatic nitrogens is 2. The van der Waals surface area contributed by atoms with E-state index in [-0.39, 0.29) is 22.7 Å². The first kappa shape index (κ1) is 22.5. The fourth-order valence-electron chi connectivity index (χ4n) is 3.40. The second-order valence-electron chi connectivity index (χ2n) is 7.09. The summed E-state index contributed by atoms with van der Waals surface area (Å²) < 4.78 is 16.7. The van der Waals surface area contributed by atoms with E-state index in [1.54, 1.807) is 78.9 Å². The van der Waals surface area contributed by atoms with Crippen LogP contribution in [-0.4, -0.2) is 41.9 Å². The molecule has 170 valence electrons. The lowest BCUT2D eigenvalue weighted by molar-refractivity contribution is 0.0549. The lowest BCUT2D eigenvalue weighted by Crippen LogP contribution is -2.15. The van der Waals surface area contributed by atoms with E-state index in [9.17, 15) is 14.4 Å². The van der Waals surface area contributed by atoms with Crippen molar-refractivity contribution in [3.8, 4) is 22.7 Å². The Hall–Kier alpha value is -4.72. The Bertz CT molecular complexity index is 1350. The average Bonchev–Trinajstić information content (AvgIpc) is 3.30. The van der Waals surface area contributed by atoms with Crippen LogP contribution in [0.25, 0.3) is 16.9 Å². The highest BCUT2D eigenvalue weighted by molar-refractivity contribution is 6.07. The second kappa shape index (κ2) is 9.83. The van der Waals surface area contributed by atoms with E-state index < -0.39 is 17.9 Å². The number of ether oxygens (including phenoxy) is 3. The van der Waals surface area contributed by atoms with Crippen molar-refractivity contribution in [3.63, 3.8) is 0 Å². The number of rotatable bonds is 6. The van der Waals surface area contributed by atoms with Gasteiger partial charge < -0.3 is 14.2 Å². The number of carbonyl (C=O) groups is 3. The third-order valence-electron chi connectivity index (χ3n) is 4.98. The average molecular weight is 456 g/mol. The summed E-state index contributed by atoms with van der Waals surface area (Å²) in [6, 6.07) is 23.9. The molecule has 8 heteroatoms. The van der Waals surface area contributed by atoms with E-state index in [2.05, 4.69) is 5.10 Å². The van der Waals surface area contributed by atoms with Crippen LogP contribution in [-0.2, 0) is 9.47 Å². The van der Waals surface area contributed by atoms with Gasteiger partial charge in [0.15, 0.2) is 5.69 Å². The van der Waals surface area contributed by atoms with Gasteiger partial charge in [0, 0.05) is 5.56 Å². The molecule has 1 aromatic heterocycles. The summed E-state index contributed by atoms with van der Waals surface area (Å²) in [5.74, 6) is -1.80. The van der Waals surface area contributed by atoms with Gasteiger partial charge in [-0.25, -0.2) is 19.1 Å². The molecular formula is C26H20N2O6. The molecule has 8 nitrogen and oxygen atoms in total. The molecular weight excluding hydrogens is 436 g/mol. The van der Waals surface area contributed by atoms with Crippen molar-refractivity contribution < 1.29 is 28.6 Å². The van der Waals surface area contributed by atoms with Gasteiger partial charge in [0.2, 0.25) is 0 Å². The summed E-state index contributed by atoms with van der Waals surface area (Å²) in [6.45, 7) is 0. The number of methoxy groups -OCH3 is 2. The maximum Gasteiger partial charge on any atom is 0.357 e. The van der Waals surface area contributed by atoms with E-state index in [1.165, 1.54) is 18.9 Å². The van der Waals surface area contributed by atoms with Gasteiger partial charge in [-0.1, -0.05) is 48.5 Å². The Balaban J connectivity index is 1.83. The van der Waals surface area contributed by atoms with Gasteiger partial charge in [0.05, 0.1) is 25.5 Å². The van der Waals surface area contributed by atoms with Crippen LogP contribution < -0.4 is 4.74 Å². The van der Waals surface area contributed by atoms with Crippen molar-refractivity contribution >= 4 is 17.9 Å². The number of hydrogen-bond acceptors (Lipinski definition) is 7. The normalized spacial score (nSPS) is 10.4. The first-order valence-electron chi connectivity index (χ1n) is 10.3. The van der Waals surface area contributed by atoms with Crippen molar-refractivity contribution in [1.29, 1.82) is 0 Å². The summed E-state index contributed by atoms with van der Waals surface area (Å²) in [5.41, 5.74) is 1.41. The van der Waals surface area contributed by atoms with Crippen LogP contribution in [0, 0.1) is 0 Å². The van der Waals surface area contributed by atoms with E-state index >= 15 is 0 Å². The summed E-state index contributed by atoms with van der Waals surface area (Å²) in [4.78, 5) is 38.0. The topological polar surface area (TPSA) is 96.7 Å². The van der Waals surface area contributed by atoms with Crippen LogP contribution in [0.2, 0.25) is 0 Å². The number of benzene rings is 3. The molecule has 0 bridgehead atoms. The van der Waals surface area contributed by atoms with E-state index in [4.69, 9.17) is 14.2 Å². The largest absolute Gasteiger partial charge is 0.465 e.